The number of rotatable bonds is 5. The van der Waals surface area contributed by atoms with Crippen LogP contribution in [-0.2, 0) is 21.2 Å². The molecule has 1 aromatic carbocycles. The minimum Gasteiger partial charge on any atom is -0.326 e. The summed E-state index contributed by atoms with van der Waals surface area (Å²) in [5, 5.41) is 2.84. The zero-order valence-electron chi connectivity index (χ0n) is 12.9. The van der Waals surface area contributed by atoms with E-state index in [9.17, 15) is 13.2 Å². The maximum atomic E-state index is 12.5. The van der Waals surface area contributed by atoms with Crippen molar-refractivity contribution in [1.29, 1.82) is 0 Å². The molecule has 1 fully saturated rings. The largest absolute Gasteiger partial charge is 0.326 e. The number of anilines is 1. The average Bonchev–Trinajstić information content (AvgIpc) is 3.18. The molecule has 0 spiro atoms. The zero-order valence-corrected chi connectivity index (χ0v) is 16.7. The van der Waals surface area contributed by atoms with Gasteiger partial charge in [-0.25, -0.2) is 8.42 Å². The van der Waals surface area contributed by atoms with Gasteiger partial charge in [0.1, 0.15) is 4.21 Å². The number of hydrogen-bond acceptors (Lipinski definition) is 4. The Morgan fingerprint density at radius 2 is 1.96 bits per heavy atom. The standard InChI is InChI=1S/C16H17IN2O3S2/c17-12-4-3-5-13(10-12)18-15(20)11-14-6-7-16(23-14)24(21,22)19-8-1-2-9-19/h3-7,10H,1-2,8-9,11H2,(H,18,20). The third-order valence-corrected chi connectivity index (χ3v) is 7.86. The number of halogens is 1. The minimum atomic E-state index is -3.40. The smallest absolute Gasteiger partial charge is 0.252 e. The van der Waals surface area contributed by atoms with Crippen LogP contribution in [0.5, 0.6) is 0 Å². The topological polar surface area (TPSA) is 66.5 Å². The van der Waals surface area contributed by atoms with E-state index < -0.39 is 10.0 Å². The monoisotopic (exact) mass is 476 g/mol. The third-order valence-electron chi connectivity index (χ3n) is 3.74. The molecule has 24 heavy (non-hydrogen) atoms. The van der Waals surface area contributed by atoms with Gasteiger partial charge < -0.3 is 5.32 Å². The van der Waals surface area contributed by atoms with Crippen molar-refractivity contribution in [3.63, 3.8) is 0 Å². The lowest BCUT2D eigenvalue weighted by Gasteiger charge is -2.13. The SMILES string of the molecule is O=C(Cc1ccc(S(=O)(=O)N2CCCC2)s1)Nc1cccc(I)c1. The molecule has 1 amide bonds. The Hall–Kier alpha value is -0.970. The third kappa shape index (κ3) is 4.16. The Balaban J connectivity index is 1.66. The Morgan fingerprint density at radius 3 is 2.67 bits per heavy atom. The molecular formula is C16H17IN2O3S2. The van der Waals surface area contributed by atoms with Gasteiger partial charge in [-0.3, -0.25) is 4.79 Å². The van der Waals surface area contributed by atoms with Gasteiger partial charge in [-0.1, -0.05) is 6.07 Å². The van der Waals surface area contributed by atoms with E-state index in [2.05, 4.69) is 27.9 Å². The molecule has 0 atom stereocenters. The lowest BCUT2D eigenvalue weighted by Crippen LogP contribution is -2.27. The molecule has 2 aromatic rings. The molecular weight excluding hydrogens is 459 g/mol. The van der Waals surface area contributed by atoms with Gasteiger partial charge in [-0.05, 0) is 65.8 Å². The number of amides is 1. The van der Waals surface area contributed by atoms with Crippen LogP contribution in [0.15, 0.2) is 40.6 Å². The van der Waals surface area contributed by atoms with Crippen LogP contribution in [0.25, 0.3) is 0 Å². The first-order valence-electron chi connectivity index (χ1n) is 7.59. The summed E-state index contributed by atoms with van der Waals surface area (Å²) >= 11 is 3.36. The number of carbonyl (C=O) groups excluding carboxylic acids is 1. The quantitative estimate of drug-likeness (QED) is 0.674. The maximum Gasteiger partial charge on any atom is 0.252 e. The van der Waals surface area contributed by atoms with E-state index in [0.717, 1.165) is 27.0 Å². The second-order valence-electron chi connectivity index (χ2n) is 5.57. The molecule has 0 saturated carbocycles. The Kier molecular flexibility index (Phi) is 5.58. The molecule has 1 aliphatic rings. The summed E-state index contributed by atoms with van der Waals surface area (Å²) in [7, 11) is -3.40. The number of benzene rings is 1. The lowest BCUT2D eigenvalue weighted by atomic mass is 10.3. The highest BCUT2D eigenvalue weighted by Crippen LogP contribution is 2.27. The molecule has 0 radical (unpaired) electrons. The number of sulfonamides is 1. The van der Waals surface area contributed by atoms with E-state index in [-0.39, 0.29) is 12.3 Å². The summed E-state index contributed by atoms with van der Waals surface area (Å²) in [5.74, 6) is -0.149. The van der Waals surface area contributed by atoms with Crippen molar-refractivity contribution in [1.82, 2.24) is 4.31 Å². The van der Waals surface area contributed by atoms with Gasteiger partial charge >= 0.3 is 0 Å². The van der Waals surface area contributed by atoms with Gasteiger partial charge in [0.2, 0.25) is 5.91 Å². The molecule has 1 aliphatic heterocycles. The average molecular weight is 476 g/mol. The molecule has 5 nitrogen and oxygen atoms in total. The summed E-state index contributed by atoms with van der Waals surface area (Å²) in [5.41, 5.74) is 0.744. The number of hydrogen-bond donors (Lipinski definition) is 1. The molecule has 3 rings (SSSR count). The first kappa shape index (κ1) is 17.8. The zero-order chi connectivity index (χ0) is 17.2. The maximum absolute atomic E-state index is 12.5. The minimum absolute atomic E-state index is 0.149. The van der Waals surface area contributed by atoms with Gasteiger partial charge in [-0.2, -0.15) is 4.31 Å². The summed E-state index contributed by atoms with van der Waals surface area (Å²) < 4.78 is 27.9. The van der Waals surface area contributed by atoms with Crippen LogP contribution in [0.2, 0.25) is 0 Å². The Bertz CT molecular complexity index is 843. The highest BCUT2D eigenvalue weighted by atomic mass is 127. The van der Waals surface area contributed by atoms with Crippen LogP contribution < -0.4 is 5.32 Å². The fourth-order valence-corrected chi connectivity index (χ4v) is 6.15. The van der Waals surface area contributed by atoms with Gasteiger partial charge in [0.05, 0.1) is 6.42 Å². The predicted molar refractivity (Wildman–Crippen MR) is 104 cm³/mol. The van der Waals surface area contributed by atoms with Crippen LogP contribution in [-0.4, -0.2) is 31.7 Å². The van der Waals surface area contributed by atoms with E-state index in [0.29, 0.717) is 17.3 Å². The van der Waals surface area contributed by atoms with Gasteiger partial charge in [-0.15, -0.1) is 11.3 Å². The number of nitrogens with zero attached hydrogens (tertiary/aromatic N) is 1. The highest BCUT2D eigenvalue weighted by molar-refractivity contribution is 14.1. The lowest BCUT2D eigenvalue weighted by molar-refractivity contribution is -0.115. The van der Waals surface area contributed by atoms with Crippen molar-refractivity contribution >= 4 is 55.5 Å². The molecule has 1 N–H and O–H groups in total. The molecule has 0 unspecified atom stereocenters. The molecule has 128 valence electrons. The number of thiophene rings is 1. The van der Waals surface area contributed by atoms with E-state index in [1.165, 1.54) is 15.6 Å². The fraction of sp³-hybridized carbons (Fsp3) is 0.312. The van der Waals surface area contributed by atoms with Crippen LogP contribution in [0.4, 0.5) is 5.69 Å². The first-order valence-corrected chi connectivity index (χ1v) is 10.9. The van der Waals surface area contributed by atoms with Crippen LogP contribution in [0.3, 0.4) is 0 Å². The number of carbonyl (C=O) groups is 1. The van der Waals surface area contributed by atoms with Crippen molar-refractivity contribution in [2.75, 3.05) is 18.4 Å². The Labute approximate surface area is 159 Å². The van der Waals surface area contributed by atoms with Crippen molar-refractivity contribution in [3.05, 3.63) is 44.8 Å². The Morgan fingerprint density at radius 1 is 1.21 bits per heavy atom. The molecule has 1 aromatic heterocycles. The molecule has 1 saturated heterocycles. The number of nitrogens with one attached hydrogen (secondary N) is 1. The summed E-state index contributed by atoms with van der Waals surface area (Å²) in [6.45, 7) is 1.17. The predicted octanol–water partition coefficient (Wildman–Crippen LogP) is 3.32. The first-order chi connectivity index (χ1) is 11.4. The molecule has 8 heteroatoms. The van der Waals surface area contributed by atoms with Crippen molar-refractivity contribution < 1.29 is 13.2 Å². The fourth-order valence-electron chi connectivity index (χ4n) is 2.58. The normalized spacial score (nSPS) is 15.5. The van der Waals surface area contributed by atoms with Crippen LogP contribution >= 0.6 is 33.9 Å². The van der Waals surface area contributed by atoms with E-state index in [1.54, 1.807) is 12.1 Å². The van der Waals surface area contributed by atoms with Crippen molar-refractivity contribution in [3.8, 4) is 0 Å². The molecule has 2 heterocycles. The van der Waals surface area contributed by atoms with Crippen molar-refractivity contribution in [2.24, 2.45) is 0 Å². The second-order valence-corrected chi connectivity index (χ2v) is 10.1. The van der Waals surface area contributed by atoms with E-state index in [1.807, 2.05) is 24.3 Å². The van der Waals surface area contributed by atoms with Crippen molar-refractivity contribution in [2.45, 2.75) is 23.5 Å². The van der Waals surface area contributed by atoms with Gasteiger partial charge in [0, 0.05) is 27.2 Å². The van der Waals surface area contributed by atoms with E-state index >= 15 is 0 Å². The summed E-state index contributed by atoms with van der Waals surface area (Å²) in [6, 6.07) is 10.9. The van der Waals surface area contributed by atoms with Crippen LogP contribution in [0, 0.1) is 3.57 Å². The van der Waals surface area contributed by atoms with Gasteiger partial charge in [0.25, 0.3) is 10.0 Å². The molecule has 0 aliphatic carbocycles. The van der Waals surface area contributed by atoms with Crippen LogP contribution in [0.1, 0.15) is 17.7 Å². The second kappa shape index (κ2) is 7.51. The highest BCUT2D eigenvalue weighted by Gasteiger charge is 2.28. The summed E-state index contributed by atoms with van der Waals surface area (Å²) in [4.78, 5) is 12.9. The summed E-state index contributed by atoms with van der Waals surface area (Å²) in [6.07, 6.45) is 2.00. The molecule has 0 bridgehead atoms. The van der Waals surface area contributed by atoms with E-state index in [4.69, 9.17) is 0 Å². The van der Waals surface area contributed by atoms with Gasteiger partial charge in [0.15, 0.2) is 0 Å².